The number of benzene rings is 1. The van der Waals surface area contributed by atoms with Crippen molar-refractivity contribution in [2.75, 3.05) is 32.6 Å². The molecule has 2 rings (SSSR count). The lowest BCUT2D eigenvalue weighted by atomic mass is 10.2. The van der Waals surface area contributed by atoms with Crippen molar-refractivity contribution in [2.45, 2.75) is 11.1 Å². The van der Waals surface area contributed by atoms with Crippen LogP contribution in [0.5, 0.6) is 0 Å². The summed E-state index contributed by atoms with van der Waals surface area (Å²) in [5, 5.41) is 15.0. The molecule has 1 aromatic carbocycles. The number of thioether (sulfide) groups is 1. The highest BCUT2D eigenvalue weighted by atomic mass is 32.2. The number of ether oxygens (including phenoxy) is 1. The Hall–Kier alpha value is -1.21. The number of aliphatic hydroxyl groups is 1. The van der Waals surface area contributed by atoms with E-state index >= 15 is 0 Å². The van der Waals surface area contributed by atoms with Gasteiger partial charge in [-0.2, -0.15) is 0 Å². The van der Waals surface area contributed by atoms with Gasteiger partial charge in [-0.25, -0.2) is 9.97 Å². The Balaban J connectivity index is 1.86. The monoisotopic (exact) mass is 293 g/mol. The van der Waals surface area contributed by atoms with Crippen LogP contribution < -0.4 is 5.32 Å². The smallest absolute Gasteiger partial charge is 0.117 e. The molecular formula is C14H19N3O2S. The van der Waals surface area contributed by atoms with Gasteiger partial charge in [0.15, 0.2) is 0 Å². The van der Waals surface area contributed by atoms with Crippen molar-refractivity contribution in [3.63, 3.8) is 0 Å². The van der Waals surface area contributed by atoms with Gasteiger partial charge in [0.25, 0.3) is 0 Å². The van der Waals surface area contributed by atoms with Gasteiger partial charge in [0.2, 0.25) is 0 Å². The first kappa shape index (κ1) is 15.2. The predicted octanol–water partition coefficient (Wildman–Crippen LogP) is 1.32. The first-order chi connectivity index (χ1) is 9.81. The minimum atomic E-state index is -0.411. The molecule has 5 nitrogen and oxygen atoms in total. The number of nitrogens with one attached hydrogen (secondary N) is 1. The second kappa shape index (κ2) is 8.16. The summed E-state index contributed by atoms with van der Waals surface area (Å²) in [5.74, 6) is 0.598. The third-order valence-corrected chi connectivity index (χ3v) is 3.93. The largest absolute Gasteiger partial charge is 0.391 e. The topological polar surface area (TPSA) is 67.3 Å². The molecule has 1 atom stereocenters. The van der Waals surface area contributed by atoms with Crippen molar-refractivity contribution in [1.82, 2.24) is 15.3 Å². The Bertz CT molecular complexity index is 533. The number of aliphatic hydroxyl groups excluding tert-OH is 1. The van der Waals surface area contributed by atoms with Crippen LogP contribution in [0.1, 0.15) is 0 Å². The summed E-state index contributed by atoms with van der Waals surface area (Å²) in [6, 6.07) is 7.89. The van der Waals surface area contributed by atoms with E-state index < -0.39 is 6.10 Å². The average Bonchev–Trinajstić information content (AvgIpc) is 2.49. The van der Waals surface area contributed by atoms with E-state index in [-0.39, 0.29) is 0 Å². The summed E-state index contributed by atoms with van der Waals surface area (Å²) in [4.78, 5) is 8.51. The Morgan fingerprint density at radius 1 is 1.35 bits per heavy atom. The Morgan fingerprint density at radius 2 is 2.20 bits per heavy atom. The van der Waals surface area contributed by atoms with Gasteiger partial charge in [0.1, 0.15) is 11.4 Å². The minimum Gasteiger partial charge on any atom is -0.391 e. The van der Waals surface area contributed by atoms with Crippen LogP contribution in [0.2, 0.25) is 0 Å². The van der Waals surface area contributed by atoms with Crippen molar-refractivity contribution in [3.05, 3.63) is 30.6 Å². The molecule has 0 saturated heterocycles. The average molecular weight is 293 g/mol. The van der Waals surface area contributed by atoms with Crippen LogP contribution in [0, 0.1) is 0 Å². The minimum absolute atomic E-state index is 0.411. The van der Waals surface area contributed by atoms with E-state index in [4.69, 9.17) is 4.74 Å². The molecule has 0 saturated carbocycles. The molecule has 0 bridgehead atoms. The standard InChI is InChI=1S/C14H19N3O2S/c1-19-7-6-15-8-11(18)9-20-14-12-4-2-3-5-13(12)16-10-17-14/h2-5,10-11,15,18H,6-9H2,1H3. The molecule has 1 unspecified atom stereocenters. The van der Waals surface area contributed by atoms with Crippen LogP contribution in [0.3, 0.4) is 0 Å². The first-order valence-corrected chi connectivity index (χ1v) is 7.50. The molecule has 0 amide bonds. The molecule has 1 heterocycles. The van der Waals surface area contributed by atoms with Gasteiger partial charge in [0, 0.05) is 31.3 Å². The third kappa shape index (κ3) is 4.42. The summed E-state index contributed by atoms with van der Waals surface area (Å²) < 4.78 is 4.93. The van der Waals surface area contributed by atoms with Crippen LogP contribution >= 0.6 is 11.8 Å². The number of hydrogen-bond acceptors (Lipinski definition) is 6. The second-order valence-corrected chi connectivity index (χ2v) is 5.37. The molecule has 0 aliphatic carbocycles. The van der Waals surface area contributed by atoms with Gasteiger partial charge in [-0.05, 0) is 6.07 Å². The van der Waals surface area contributed by atoms with E-state index in [1.54, 1.807) is 25.2 Å². The first-order valence-electron chi connectivity index (χ1n) is 6.51. The van der Waals surface area contributed by atoms with E-state index in [1.807, 2.05) is 24.3 Å². The molecule has 108 valence electrons. The maximum absolute atomic E-state index is 9.91. The molecule has 0 fully saturated rings. The van der Waals surface area contributed by atoms with E-state index in [1.165, 1.54) is 0 Å². The maximum Gasteiger partial charge on any atom is 0.117 e. The van der Waals surface area contributed by atoms with Crippen LogP contribution in [0.4, 0.5) is 0 Å². The van der Waals surface area contributed by atoms with Crippen LogP contribution in [-0.4, -0.2) is 53.7 Å². The number of hydrogen-bond donors (Lipinski definition) is 2. The fourth-order valence-corrected chi connectivity index (χ4v) is 2.69. The zero-order valence-electron chi connectivity index (χ0n) is 11.5. The summed E-state index contributed by atoms with van der Waals surface area (Å²) in [5.41, 5.74) is 0.928. The van der Waals surface area contributed by atoms with Gasteiger partial charge >= 0.3 is 0 Å². The van der Waals surface area contributed by atoms with Gasteiger partial charge in [-0.15, -0.1) is 11.8 Å². The van der Waals surface area contributed by atoms with Crippen molar-refractivity contribution >= 4 is 22.7 Å². The lowest BCUT2D eigenvalue weighted by Crippen LogP contribution is -2.30. The fraction of sp³-hybridized carbons (Fsp3) is 0.429. The number of aromatic nitrogens is 2. The molecule has 20 heavy (non-hydrogen) atoms. The molecule has 1 aromatic heterocycles. The highest BCUT2D eigenvalue weighted by Gasteiger charge is 2.08. The number of rotatable bonds is 8. The third-order valence-electron chi connectivity index (χ3n) is 2.78. The Labute approximate surface area is 122 Å². The number of fused-ring (bicyclic) bond motifs is 1. The fourth-order valence-electron chi connectivity index (χ4n) is 1.77. The Morgan fingerprint density at radius 3 is 3.05 bits per heavy atom. The molecule has 0 aliphatic rings. The summed E-state index contributed by atoms with van der Waals surface area (Å²) in [7, 11) is 1.66. The number of para-hydroxylation sites is 1. The van der Waals surface area contributed by atoms with Gasteiger partial charge in [-0.1, -0.05) is 18.2 Å². The molecule has 6 heteroatoms. The molecule has 0 spiro atoms. The second-order valence-electron chi connectivity index (χ2n) is 4.36. The Kier molecular flexibility index (Phi) is 6.20. The summed E-state index contributed by atoms with van der Waals surface area (Å²) in [6.07, 6.45) is 1.15. The van der Waals surface area contributed by atoms with Crippen LogP contribution in [0.25, 0.3) is 10.9 Å². The summed E-state index contributed by atoms with van der Waals surface area (Å²) >= 11 is 1.55. The van der Waals surface area contributed by atoms with Gasteiger partial charge in [-0.3, -0.25) is 0 Å². The lowest BCUT2D eigenvalue weighted by molar-refractivity contribution is 0.175. The van der Waals surface area contributed by atoms with Crippen molar-refractivity contribution in [1.29, 1.82) is 0 Å². The molecule has 0 radical (unpaired) electrons. The SMILES string of the molecule is COCCNCC(O)CSc1ncnc2ccccc12. The molecule has 2 aromatic rings. The maximum atomic E-state index is 9.91. The number of methoxy groups -OCH3 is 1. The lowest BCUT2D eigenvalue weighted by Gasteiger charge is -2.11. The van der Waals surface area contributed by atoms with E-state index in [0.29, 0.717) is 18.9 Å². The molecular weight excluding hydrogens is 274 g/mol. The normalized spacial score (nSPS) is 12.7. The highest BCUT2D eigenvalue weighted by Crippen LogP contribution is 2.24. The van der Waals surface area contributed by atoms with Crippen LogP contribution in [0.15, 0.2) is 35.6 Å². The van der Waals surface area contributed by atoms with Crippen molar-refractivity contribution < 1.29 is 9.84 Å². The quantitative estimate of drug-likeness (QED) is 0.435. The predicted molar refractivity (Wildman–Crippen MR) is 81.0 cm³/mol. The number of nitrogens with zero attached hydrogens (tertiary/aromatic N) is 2. The van der Waals surface area contributed by atoms with Crippen molar-refractivity contribution in [2.24, 2.45) is 0 Å². The van der Waals surface area contributed by atoms with E-state index in [2.05, 4.69) is 15.3 Å². The van der Waals surface area contributed by atoms with Crippen molar-refractivity contribution in [3.8, 4) is 0 Å². The van der Waals surface area contributed by atoms with Gasteiger partial charge in [0.05, 0.1) is 18.2 Å². The molecule has 0 aliphatic heterocycles. The zero-order valence-corrected chi connectivity index (χ0v) is 12.3. The molecule has 2 N–H and O–H groups in total. The van der Waals surface area contributed by atoms with E-state index in [9.17, 15) is 5.11 Å². The van der Waals surface area contributed by atoms with E-state index in [0.717, 1.165) is 22.5 Å². The summed E-state index contributed by atoms with van der Waals surface area (Å²) in [6.45, 7) is 1.95. The van der Waals surface area contributed by atoms with Gasteiger partial charge < -0.3 is 15.2 Å². The van der Waals surface area contributed by atoms with Crippen LogP contribution in [-0.2, 0) is 4.74 Å². The zero-order chi connectivity index (χ0) is 14.2. The highest BCUT2D eigenvalue weighted by molar-refractivity contribution is 7.99.